The lowest BCUT2D eigenvalue weighted by Gasteiger charge is -2.40. The molecule has 2 aromatic rings. The summed E-state index contributed by atoms with van der Waals surface area (Å²) in [7, 11) is -7.22. The molecule has 0 saturated heterocycles. The quantitative estimate of drug-likeness (QED) is 0.594. The average Bonchev–Trinajstić information content (AvgIpc) is 2.68. The van der Waals surface area contributed by atoms with E-state index in [1.54, 1.807) is 0 Å². The third kappa shape index (κ3) is 4.70. The topological polar surface area (TPSA) is 68.3 Å². The van der Waals surface area contributed by atoms with Crippen LogP contribution in [0.4, 0.5) is 8.78 Å². The molecule has 0 radical (unpaired) electrons. The second-order valence-electron chi connectivity index (χ2n) is 7.94. The summed E-state index contributed by atoms with van der Waals surface area (Å²) in [5, 5.41) is 0.365. The predicted octanol–water partition coefficient (Wildman–Crippen LogP) is 4.91. The van der Waals surface area contributed by atoms with Gasteiger partial charge in [-0.2, -0.15) is 0 Å². The molecule has 1 fully saturated rings. The lowest BCUT2D eigenvalue weighted by molar-refractivity contribution is 0.281. The summed E-state index contributed by atoms with van der Waals surface area (Å²) in [5.41, 5.74) is -0.181. The van der Waals surface area contributed by atoms with Crippen molar-refractivity contribution in [3.05, 3.63) is 64.7 Å². The van der Waals surface area contributed by atoms with Crippen LogP contribution < -0.4 is 0 Å². The van der Waals surface area contributed by atoms with E-state index in [2.05, 4.69) is 0 Å². The Kier molecular flexibility index (Phi) is 6.60. The summed E-state index contributed by atoms with van der Waals surface area (Å²) in [6, 6.07) is 8.49. The van der Waals surface area contributed by atoms with Crippen LogP contribution in [0.25, 0.3) is 0 Å². The number of benzene rings is 2. The molecule has 0 heterocycles. The van der Waals surface area contributed by atoms with E-state index < -0.39 is 36.1 Å². The fraction of sp³-hybridized carbons (Fsp3) is 0.429. The highest BCUT2D eigenvalue weighted by atomic mass is 35.5. The standard InChI is InChI=1S/C21H23ClF2O4S2/c1-29(25,26)13-10-15-8-11-21(12-9-15,19-14-17(23)4-7-20(19)24)30(27,28)18-5-2-16(22)3-6-18/h2-7,14-15H,8-13H2,1H3. The van der Waals surface area contributed by atoms with Crippen molar-refractivity contribution < 1.29 is 25.6 Å². The molecular formula is C21H23ClF2O4S2. The van der Waals surface area contributed by atoms with Crippen molar-refractivity contribution in [2.45, 2.75) is 41.7 Å². The minimum absolute atomic E-state index is 0.00453. The second-order valence-corrected chi connectivity index (χ2v) is 12.9. The molecule has 30 heavy (non-hydrogen) atoms. The van der Waals surface area contributed by atoms with Gasteiger partial charge < -0.3 is 0 Å². The van der Waals surface area contributed by atoms with E-state index in [0.29, 0.717) is 24.3 Å². The lowest BCUT2D eigenvalue weighted by atomic mass is 9.77. The monoisotopic (exact) mass is 476 g/mol. The summed E-state index contributed by atoms with van der Waals surface area (Å²) < 4.78 is 77.5. The molecule has 0 aromatic heterocycles. The van der Waals surface area contributed by atoms with Gasteiger partial charge in [-0.15, -0.1) is 0 Å². The molecule has 0 bridgehead atoms. The first kappa shape index (κ1) is 23.2. The Hall–Kier alpha value is -1.51. The maximum absolute atomic E-state index is 14.8. The summed E-state index contributed by atoms with van der Waals surface area (Å²) in [6.45, 7) is 0. The van der Waals surface area contributed by atoms with Crippen molar-refractivity contribution in [2.24, 2.45) is 5.92 Å². The van der Waals surface area contributed by atoms with Gasteiger partial charge in [0, 0.05) is 16.8 Å². The third-order valence-electron chi connectivity index (χ3n) is 5.87. The molecule has 0 unspecified atom stereocenters. The fourth-order valence-electron chi connectivity index (χ4n) is 4.18. The molecule has 0 N–H and O–H groups in total. The minimum Gasteiger partial charge on any atom is -0.229 e. The summed E-state index contributed by atoms with van der Waals surface area (Å²) in [5.74, 6) is -1.46. The third-order valence-corrected chi connectivity index (χ3v) is 9.65. The van der Waals surface area contributed by atoms with Crippen LogP contribution in [0, 0.1) is 17.6 Å². The van der Waals surface area contributed by atoms with Gasteiger partial charge in [-0.25, -0.2) is 25.6 Å². The van der Waals surface area contributed by atoms with Crippen molar-refractivity contribution in [1.82, 2.24) is 0 Å². The first-order valence-electron chi connectivity index (χ1n) is 9.58. The van der Waals surface area contributed by atoms with Gasteiger partial charge in [0.1, 0.15) is 26.2 Å². The van der Waals surface area contributed by atoms with E-state index in [-0.39, 0.29) is 35.0 Å². The molecule has 0 atom stereocenters. The van der Waals surface area contributed by atoms with E-state index in [1.165, 1.54) is 24.3 Å². The zero-order valence-electron chi connectivity index (χ0n) is 16.4. The van der Waals surface area contributed by atoms with E-state index in [9.17, 15) is 25.6 Å². The Morgan fingerprint density at radius 1 is 1.00 bits per heavy atom. The van der Waals surface area contributed by atoms with Crippen LogP contribution in [0.2, 0.25) is 5.02 Å². The minimum atomic E-state index is -4.08. The van der Waals surface area contributed by atoms with Crippen LogP contribution in [0.1, 0.15) is 37.7 Å². The lowest BCUT2D eigenvalue weighted by Crippen LogP contribution is -2.41. The smallest absolute Gasteiger partial charge is 0.188 e. The molecule has 1 aliphatic rings. The van der Waals surface area contributed by atoms with Crippen LogP contribution in [0.5, 0.6) is 0 Å². The number of hydrogen-bond acceptors (Lipinski definition) is 4. The first-order chi connectivity index (χ1) is 13.9. The Morgan fingerprint density at radius 2 is 1.60 bits per heavy atom. The van der Waals surface area contributed by atoms with Gasteiger partial charge in [0.05, 0.1) is 10.6 Å². The summed E-state index contributed by atoms with van der Waals surface area (Å²) in [4.78, 5) is -0.00912. The highest BCUT2D eigenvalue weighted by molar-refractivity contribution is 7.92. The van der Waals surface area contributed by atoms with Crippen molar-refractivity contribution in [3.63, 3.8) is 0 Å². The fourth-order valence-corrected chi connectivity index (χ4v) is 7.23. The summed E-state index contributed by atoms with van der Waals surface area (Å²) >= 11 is 5.88. The Bertz CT molecular complexity index is 1120. The zero-order valence-corrected chi connectivity index (χ0v) is 18.8. The van der Waals surface area contributed by atoms with Crippen LogP contribution in [0.15, 0.2) is 47.4 Å². The molecule has 3 rings (SSSR count). The first-order valence-corrected chi connectivity index (χ1v) is 13.5. The van der Waals surface area contributed by atoms with Gasteiger partial charge in [-0.1, -0.05) is 11.6 Å². The van der Waals surface area contributed by atoms with E-state index in [1.807, 2.05) is 0 Å². The van der Waals surface area contributed by atoms with Crippen LogP contribution in [-0.2, 0) is 24.4 Å². The molecule has 0 aliphatic heterocycles. The molecule has 164 valence electrons. The van der Waals surface area contributed by atoms with Gasteiger partial charge in [0.2, 0.25) is 0 Å². The van der Waals surface area contributed by atoms with Crippen molar-refractivity contribution in [2.75, 3.05) is 12.0 Å². The zero-order chi connectivity index (χ0) is 22.2. The average molecular weight is 477 g/mol. The van der Waals surface area contributed by atoms with Gasteiger partial charge in [0.15, 0.2) is 9.84 Å². The predicted molar refractivity (Wildman–Crippen MR) is 113 cm³/mol. The Balaban J connectivity index is 2.03. The molecule has 1 saturated carbocycles. The maximum atomic E-state index is 14.8. The van der Waals surface area contributed by atoms with Gasteiger partial charge in [0.25, 0.3) is 0 Å². The Labute approximate surface area is 181 Å². The van der Waals surface area contributed by atoms with Crippen molar-refractivity contribution >= 4 is 31.3 Å². The molecule has 9 heteroatoms. The largest absolute Gasteiger partial charge is 0.229 e. The second kappa shape index (κ2) is 8.55. The molecule has 1 aliphatic carbocycles. The number of hydrogen-bond donors (Lipinski definition) is 0. The molecule has 2 aromatic carbocycles. The molecule has 4 nitrogen and oxygen atoms in total. The van der Waals surface area contributed by atoms with Crippen LogP contribution in [-0.4, -0.2) is 28.8 Å². The SMILES string of the molecule is CS(=O)(=O)CCC1CCC(c2cc(F)ccc2F)(S(=O)(=O)c2ccc(Cl)cc2)CC1. The highest BCUT2D eigenvalue weighted by Gasteiger charge is 2.50. The Morgan fingerprint density at radius 3 is 2.17 bits per heavy atom. The normalized spacial score (nSPS) is 22.7. The van der Waals surface area contributed by atoms with E-state index in [0.717, 1.165) is 24.5 Å². The summed E-state index contributed by atoms with van der Waals surface area (Å²) in [6.07, 6.45) is 2.53. The van der Waals surface area contributed by atoms with Crippen molar-refractivity contribution in [3.8, 4) is 0 Å². The van der Waals surface area contributed by atoms with Gasteiger partial charge >= 0.3 is 0 Å². The molecule has 0 spiro atoms. The van der Waals surface area contributed by atoms with E-state index in [4.69, 9.17) is 11.6 Å². The van der Waals surface area contributed by atoms with Gasteiger partial charge in [-0.05, 0) is 80.5 Å². The van der Waals surface area contributed by atoms with Crippen LogP contribution in [0.3, 0.4) is 0 Å². The number of halogens is 3. The number of rotatable bonds is 6. The van der Waals surface area contributed by atoms with E-state index >= 15 is 0 Å². The van der Waals surface area contributed by atoms with Crippen molar-refractivity contribution in [1.29, 1.82) is 0 Å². The number of sulfone groups is 2. The van der Waals surface area contributed by atoms with Crippen LogP contribution >= 0.6 is 11.6 Å². The highest BCUT2D eigenvalue weighted by Crippen LogP contribution is 2.49. The molecular weight excluding hydrogens is 454 g/mol. The molecule has 0 amide bonds. The van der Waals surface area contributed by atoms with Gasteiger partial charge in [-0.3, -0.25) is 0 Å². The maximum Gasteiger partial charge on any atom is 0.188 e.